The number of fused-ring (bicyclic) bond motifs is 10. The molecule has 4 heterocycles. The molecule has 16 aromatic rings. The van der Waals surface area contributed by atoms with Crippen LogP contribution in [0.2, 0.25) is 0 Å². The van der Waals surface area contributed by atoms with Crippen LogP contribution in [0.5, 0.6) is 0 Å². The number of nitrogens with zero attached hydrogens (tertiary/aromatic N) is 4. The van der Waals surface area contributed by atoms with Crippen molar-refractivity contribution in [3.63, 3.8) is 0 Å². The first-order valence-corrected chi connectivity index (χ1v) is 44.7. The van der Waals surface area contributed by atoms with Crippen LogP contribution in [0.25, 0.3) is 111 Å². The van der Waals surface area contributed by atoms with E-state index in [4.69, 9.17) is 0 Å². The summed E-state index contributed by atoms with van der Waals surface area (Å²) in [6.45, 7) is 52.8. The Morgan fingerprint density at radius 2 is 0.535 bits per heavy atom. The first kappa shape index (κ1) is 56.0. The van der Waals surface area contributed by atoms with Crippen molar-refractivity contribution in [2.45, 2.75) is 262 Å². The van der Waals surface area contributed by atoms with E-state index in [0.717, 1.165) is 11.1 Å². The standard InChI is InChI=1S/C124H135BN4/c1-115(2,3)81-54-50-76(51-55-81)95-70-87(121(19,20)21)72-97(80-64-85(119(13,14)15)69-86(65-80)120(16,17)18)113(95)128-107-74-89(126-103-46-35-31-40-91(103)92-41-32-36-47-104(92)126)58-60-101(107)125-102-61-59-90(127-105-48-37-33-42-93(105)94-43-34-38-49-106(94)127)75-108(102)129(110-67-79(66-109(128)112(110)125)78-62-83(117(7,8)9)68-84(63-78)118(10,11)12)114-96(77-52-56-82(57-53-77)116(4,5)6)71-88(122(22,23)24)73-98(114)111-99(123(25,26)27)44-39-45-100(111)124(28,29)30/h31-75H,1-30H3/i31D,32D,33D,34D,35D,36D,37D,38D,39D,40D,41D,42D,43D,44D,45D,46D,47D,48D,49D,50D,51D,52D,53D,54D,55D,56D,57D,64D,65D,69D,70D,71D,72D,73D. The van der Waals surface area contributed by atoms with Crippen molar-refractivity contribution in [1.29, 1.82) is 0 Å². The molecule has 0 saturated heterocycles. The van der Waals surface area contributed by atoms with Crippen LogP contribution in [0.4, 0.5) is 34.1 Å². The SMILES string of the molecule is [2H]c1c([2H])c(C(C)(C)C)c(-c2c([2H])c(C(C)(C)C)c([2H])c(-c3c([2H])c([2H])c(C(C)(C)C)c([2H])c3[2H])c2N2c3cc(-n4c5c([2H])c([2H])c([2H])c([2H])c5c5c([2H])c([2H])c([2H])c([2H])c54)ccc3B3c4ccc(-n5c6c([2H])c([2H])c([2H])c([2H])c6c6c([2H])c([2H])c([2H])c([2H])c65)cc4N(c4c(-c5c([2H])c([2H])c(C(C)(C)C)c([2H])c5[2H])c([2H])c(C(C)(C)C)c([2H])c4-c4c([2H])c(C(C)(C)C)c([2H])c(C(C)(C)C)c4[2H])c4cc(-c5cc(C(C)(C)C)cc(C(C)(C)C)c5)cc2c43)c(C(C)(C)C)c1[2H]. The molecule has 129 heavy (non-hydrogen) atoms. The Morgan fingerprint density at radius 1 is 0.233 bits per heavy atom. The molecule has 0 unspecified atom stereocenters. The zero-order chi connectivity index (χ0) is 122. The van der Waals surface area contributed by atoms with Gasteiger partial charge in [0.2, 0.25) is 0 Å². The van der Waals surface area contributed by atoms with E-state index >= 15 is 0 Å². The van der Waals surface area contributed by atoms with Gasteiger partial charge in [-0.05, 0) is 244 Å². The van der Waals surface area contributed by atoms with Gasteiger partial charge in [-0.1, -0.05) is 395 Å². The maximum Gasteiger partial charge on any atom is 0.252 e. The molecule has 2 aromatic heterocycles. The van der Waals surface area contributed by atoms with Crippen LogP contribution in [0.3, 0.4) is 0 Å². The number of hydrogen-bond donors (Lipinski definition) is 0. The predicted molar refractivity (Wildman–Crippen MR) is 563 cm³/mol. The topological polar surface area (TPSA) is 16.3 Å². The van der Waals surface area contributed by atoms with Crippen LogP contribution >= 0.6 is 0 Å². The Hall–Kier alpha value is -11.7. The number of anilines is 6. The fraction of sp³-hybridized carbons (Fsp3) is 0.323. The fourth-order valence-electron chi connectivity index (χ4n) is 17.6. The Bertz CT molecular complexity index is 9030. The summed E-state index contributed by atoms with van der Waals surface area (Å²) in [6.07, 6.45) is 0. The molecule has 18 rings (SSSR count). The van der Waals surface area contributed by atoms with Crippen molar-refractivity contribution in [3.05, 3.63) is 328 Å². The summed E-state index contributed by atoms with van der Waals surface area (Å²) in [5.74, 6) is 0. The molecular formula is C124H135BN4. The van der Waals surface area contributed by atoms with E-state index in [-0.39, 0.29) is 178 Å². The van der Waals surface area contributed by atoms with Crippen LogP contribution < -0.4 is 26.2 Å². The molecule has 14 aromatic carbocycles. The predicted octanol–water partition coefficient (Wildman–Crippen LogP) is 33.3. The summed E-state index contributed by atoms with van der Waals surface area (Å²) in [5, 5.41) is -1.41. The quantitative estimate of drug-likeness (QED) is 0.134. The van der Waals surface area contributed by atoms with Crippen LogP contribution in [0.1, 0.15) is 310 Å². The second-order valence-corrected chi connectivity index (χ2v) is 45.3. The van der Waals surface area contributed by atoms with E-state index < -0.39 is 288 Å². The summed E-state index contributed by atoms with van der Waals surface area (Å²) < 4.78 is 360. The Kier molecular flexibility index (Phi) is 13.2. The molecule has 654 valence electrons. The highest BCUT2D eigenvalue weighted by Crippen LogP contribution is 2.59. The maximum absolute atomic E-state index is 12.1. The number of hydrogen-bond acceptors (Lipinski definition) is 2. The van der Waals surface area contributed by atoms with E-state index in [1.807, 2.05) is 59.7 Å². The lowest BCUT2D eigenvalue weighted by Gasteiger charge is -2.46. The molecule has 0 spiro atoms. The largest absolute Gasteiger partial charge is 0.310 e. The minimum atomic E-state index is -1.56. The molecule has 0 bridgehead atoms. The third-order valence-electron chi connectivity index (χ3n) is 24.9. The van der Waals surface area contributed by atoms with Crippen molar-refractivity contribution in [3.8, 4) is 67.0 Å². The first-order chi connectivity index (χ1) is 74.5. The van der Waals surface area contributed by atoms with Crippen molar-refractivity contribution in [1.82, 2.24) is 9.13 Å². The molecule has 5 heteroatoms. The molecule has 0 amide bonds. The zero-order valence-corrected chi connectivity index (χ0v) is 80.2. The maximum atomic E-state index is 12.1. The van der Waals surface area contributed by atoms with Crippen molar-refractivity contribution < 1.29 is 46.6 Å². The molecule has 0 saturated carbocycles. The molecule has 4 nitrogen and oxygen atoms in total. The normalized spacial score (nSPS) is 17.5. The number of aromatic nitrogens is 2. The summed E-state index contributed by atoms with van der Waals surface area (Å²) in [6, 6.07) is -3.03. The highest BCUT2D eigenvalue weighted by molar-refractivity contribution is 7.00. The number of rotatable bonds is 9. The highest BCUT2D eigenvalue weighted by atomic mass is 15.2. The Labute approximate surface area is 819 Å². The van der Waals surface area contributed by atoms with Crippen LogP contribution in [-0.4, -0.2) is 15.8 Å². The summed E-state index contributed by atoms with van der Waals surface area (Å²) in [4.78, 5) is 3.28. The molecule has 0 aliphatic carbocycles. The minimum Gasteiger partial charge on any atom is -0.310 e. The minimum absolute atomic E-state index is 0.0394. The van der Waals surface area contributed by atoms with E-state index in [9.17, 15) is 46.6 Å². The van der Waals surface area contributed by atoms with Crippen LogP contribution in [0.15, 0.2) is 272 Å². The molecular weight excluding hydrogens is 1560 g/mol. The van der Waals surface area contributed by atoms with Crippen molar-refractivity contribution in [2.75, 3.05) is 9.80 Å². The molecule has 0 N–H and O–H groups in total. The average molecular weight is 1730 g/mol. The molecule has 0 fully saturated rings. The lowest BCUT2D eigenvalue weighted by atomic mass is 9.33. The summed E-state index contributed by atoms with van der Waals surface area (Å²) >= 11 is 0. The lowest BCUT2D eigenvalue weighted by molar-refractivity contribution is 0.568. The van der Waals surface area contributed by atoms with Gasteiger partial charge >= 0.3 is 0 Å². The average Bonchev–Trinajstić information content (AvgIpc) is 1.48. The summed E-state index contributed by atoms with van der Waals surface area (Å²) in [7, 11) is 0. The Balaban J connectivity index is 1.27. The third kappa shape index (κ3) is 15.6. The lowest BCUT2D eigenvalue weighted by Crippen LogP contribution is -2.61. The number of para-hydroxylation sites is 4. The van der Waals surface area contributed by atoms with E-state index in [1.54, 1.807) is 212 Å². The van der Waals surface area contributed by atoms with Gasteiger partial charge in [0, 0.05) is 77.9 Å². The number of benzene rings is 14. The van der Waals surface area contributed by atoms with Gasteiger partial charge in [-0.2, -0.15) is 0 Å². The second kappa shape index (κ2) is 30.5. The van der Waals surface area contributed by atoms with Crippen LogP contribution in [0, 0.1) is 0 Å². The van der Waals surface area contributed by atoms with Gasteiger partial charge in [0.05, 0.1) is 80.0 Å². The summed E-state index contributed by atoms with van der Waals surface area (Å²) in [5.41, 5.74) is -15.9. The van der Waals surface area contributed by atoms with E-state index in [1.165, 1.54) is 15.2 Å². The Morgan fingerprint density at radius 3 is 0.868 bits per heavy atom. The van der Waals surface area contributed by atoms with Gasteiger partial charge in [0.1, 0.15) is 0 Å². The third-order valence-corrected chi connectivity index (χ3v) is 24.9. The van der Waals surface area contributed by atoms with Gasteiger partial charge in [-0.25, -0.2) is 0 Å². The van der Waals surface area contributed by atoms with Gasteiger partial charge in [0.15, 0.2) is 0 Å². The molecule has 2 aliphatic heterocycles. The van der Waals surface area contributed by atoms with Crippen LogP contribution in [-0.2, 0) is 54.1 Å². The van der Waals surface area contributed by atoms with E-state index in [0.29, 0.717) is 5.56 Å². The highest BCUT2D eigenvalue weighted by Gasteiger charge is 2.48. The molecule has 2 aliphatic rings. The van der Waals surface area contributed by atoms with Crippen molar-refractivity contribution in [2.24, 2.45) is 0 Å². The second-order valence-electron chi connectivity index (χ2n) is 45.3. The van der Waals surface area contributed by atoms with Gasteiger partial charge in [-0.15, -0.1) is 0 Å². The molecule has 0 radical (unpaired) electrons. The van der Waals surface area contributed by atoms with Crippen molar-refractivity contribution >= 4 is 101 Å². The van der Waals surface area contributed by atoms with Gasteiger partial charge in [0.25, 0.3) is 6.71 Å². The van der Waals surface area contributed by atoms with Gasteiger partial charge in [-0.3, -0.25) is 0 Å². The van der Waals surface area contributed by atoms with Gasteiger partial charge < -0.3 is 18.9 Å². The molecule has 0 atom stereocenters. The fourth-order valence-corrected chi connectivity index (χ4v) is 17.6. The zero-order valence-electron chi connectivity index (χ0n) is 114. The monoisotopic (exact) mass is 1730 g/mol. The smallest absolute Gasteiger partial charge is 0.252 e. The first-order valence-electron chi connectivity index (χ1n) is 61.7. The van der Waals surface area contributed by atoms with E-state index in [2.05, 4.69) is 6.07 Å².